The molecule has 0 aromatic heterocycles. The van der Waals surface area contributed by atoms with Gasteiger partial charge in [0.05, 0.1) is 18.8 Å². The van der Waals surface area contributed by atoms with E-state index in [1.165, 1.54) is 12.1 Å². The lowest BCUT2D eigenvalue weighted by molar-refractivity contribution is 0.152. The van der Waals surface area contributed by atoms with Crippen molar-refractivity contribution >= 4 is 5.69 Å². The van der Waals surface area contributed by atoms with Crippen molar-refractivity contribution in [3.8, 4) is 0 Å². The third-order valence-corrected chi connectivity index (χ3v) is 2.66. The molecule has 0 aliphatic carbocycles. The molecule has 0 radical (unpaired) electrons. The molecule has 1 aromatic carbocycles. The fourth-order valence-corrected chi connectivity index (χ4v) is 1.71. The number of aliphatic hydroxyl groups excluding tert-OH is 1. The van der Waals surface area contributed by atoms with Gasteiger partial charge in [-0.2, -0.15) is 0 Å². The Kier molecular flexibility index (Phi) is 2.88. The number of halogens is 1. The number of nitrogens with one attached hydrogen (secondary N) is 1. The van der Waals surface area contributed by atoms with E-state index >= 15 is 0 Å². The van der Waals surface area contributed by atoms with Gasteiger partial charge >= 0.3 is 0 Å². The van der Waals surface area contributed by atoms with E-state index in [-0.39, 0.29) is 12.4 Å². The summed E-state index contributed by atoms with van der Waals surface area (Å²) in [6.45, 7) is 1.15. The van der Waals surface area contributed by atoms with Crippen LogP contribution in [0.3, 0.4) is 0 Å². The highest BCUT2D eigenvalue weighted by atomic mass is 19.1. The first-order valence-electron chi connectivity index (χ1n) is 4.96. The van der Waals surface area contributed by atoms with E-state index in [9.17, 15) is 9.50 Å². The zero-order valence-corrected chi connectivity index (χ0v) is 8.37. The molecule has 1 aliphatic heterocycles. The van der Waals surface area contributed by atoms with Gasteiger partial charge in [0.15, 0.2) is 0 Å². The molecule has 1 atom stereocenters. The Balaban J connectivity index is 2.09. The topological polar surface area (TPSA) is 41.5 Å². The fourth-order valence-electron chi connectivity index (χ4n) is 1.71. The standard InChI is InChI=1S/C11H14FNO2/c12-9-1-3-10(4-2-9)13-11(7-14)5-6-15-8-11/h1-4,13-14H,5-8H2. The molecule has 2 rings (SSSR count). The normalized spacial score (nSPS) is 25.5. The van der Waals surface area contributed by atoms with Crippen molar-refractivity contribution in [3.63, 3.8) is 0 Å². The Labute approximate surface area is 87.9 Å². The van der Waals surface area contributed by atoms with Crippen LogP contribution in [0, 0.1) is 5.82 Å². The minimum Gasteiger partial charge on any atom is -0.394 e. The number of anilines is 1. The summed E-state index contributed by atoms with van der Waals surface area (Å²) in [6, 6.07) is 6.10. The Morgan fingerprint density at radius 3 is 2.67 bits per heavy atom. The minimum atomic E-state index is -0.405. The van der Waals surface area contributed by atoms with Crippen LogP contribution in [0.5, 0.6) is 0 Å². The van der Waals surface area contributed by atoms with Crippen LogP contribution in [0.15, 0.2) is 24.3 Å². The van der Waals surface area contributed by atoms with E-state index in [0.717, 1.165) is 12.1 Å². The molecule has 2 N–H and O–H groups in total. The lowest BCUT2D eigenvalue weighted by Crippen LogP contribution is -2.42. The van der Waals surface area contributed by atoms with Crippen molar-refractivity contribution in [1.82, 2.24) is 0 Å². The maximum absolute atomic E-state index is 12.7. The van der Waals surface area contributed by atoms with E-state index < -0.39 is 5.54 Å². The van der Waals surface area contributed by atoms with Crippen LogP contribution in [0.2, 0.25) is 0 Å². The average Bonchev–Trinajstić information content (AvgIpc) is 2.71. The second-order valence-corrected chi connectivity index (χ2v) is 3.87. The summed E-state index contributed by atoms with van der Waals surface area (Å²) in [5.41, 5.74) is 0.397. The van der Waals surface area contributed by atoms with E-state index in [0.29, 0.717) is 13.2 Å². The summed E-state index contributed by atoms with van der Waals surface area (Å²) < 4.78 is 17.9. The van der Waals surface area contributed by atoms with Crippen molar-refractivity contribution in [1.29, 1.82) is 0 Å². The first-order valence-corrected chi connectivity index (χ1v) is 4.96. The van der Waals surface area contributed by atoms with Gasteiger partial charge in [-0.25, -0.2) is 4.39 Å². The molecule has 4 heteroatoms. The Bertz CT molecular complexity index is 320. The zero-order valence-electron chi connectivity index (χ0n) is 8.37. The largest absolute Gasteiger partial charge is 0.394 e. The highest BCUT2D eigenvalue weighted by Crippen LogP contribution is 2.23. The SMILES string of the molecule is OCC1(Nc2ccc(F)cc2)CCOC1. The summed E-state index contributed by atoms with van der Waals surface area (Å²) in [4.78, 5) is 0. The van der Waals surface area contributed by atoms with Gasteiger partial charge in [0.1, 0.15) is 5.82 Å². The molecule has 1 saturated heterocycles. The van der Waals surface area contributed by atoms with Gasteiger partial charge in [0, 0.05) is 12.3 Å². The summed E-state index contributed by atoms with van der Waals surface area (Å²) in [5, 5.41) is 12.5. The van der Waals surface area contributed by atoms with E-state index in [2.05, 4.69) is 5.32 Å². The minimum absolute atomic E-state index is 0.0182. The molecule has 82 valence electrons. The molecule has 1 heterocycles. The molecule has 3 nitrogen and oxygen atoms in total. The summed E-state index contributed by atoms with van der Waals surface area (Å²) in [6.07, 6.45) is 0.765. The van der Waals surface area contributed by atoms with Gasteiger partial charge in [-0.05, 0) is 30.7 Å². The molecule has 1 aliphatic rings. The number of aliphatic hydroxyl groups is 1. The molecule has 0 spiro atoms. The summed E-state index contributed by atoms with van der Waals surface area (Å²) in [5.74, 6) is -0.263. The average molecular weight is 211 g/mol. The highest BCUT2D eigenvalue weighted by Gasteiger charge is 2.34. The third kappa shape index (κ3) is 2.27. The monoisotopic (exact) mass is 211 g/mol. The first-order chi connectivity index (χ1) is 7.24. The van der Waals surface area contributed by atoms with Gasteiger partial charge in [0.2, 0.25) is 0 Å². The number of benzene rings is 1. The number of rotatable bonds is 3. The van der Waals surface area contributed by atoms with Crippen LogP contribution in [-0.4, -0.2) is 30.5 Å². The van der Waals surface area contributed by atoms with Crippen molar-refractivity contribution in [3.05, 3.63) is 30.1 Å². The Morgan fingerprint density at radius 2 is 2.13 bits per heavy atom. The van der Waals surface area contributed by atoms with Crippen molar-refractivity contribution in [2.45, 2.75) is 12.0 Å². The molecule has 0 saturated carbocycles. The van der Waals surface area contributed by atoms with Crippen LogP contribution >= 0.6 is 0 Å². The van der Waals surface area contributed by atoms with Crippen LogP contribution in [-0.2, 0) is 4.74 Å². The lowest BCUT2D eigenvalue weighted by atomic mass is 9.99. The van der Waals surface area contributed by atoms with E-state index in [1.54, 1.807) is 12.1 Å². The first kappa shape index (κ1) is 10.4. The maximum atomic E-state index is 12.7. The summed E-state index contributed by atoms with van der Waals surface area (Å²) >= 11 is 0. The quantitative estimate of drug-likeness (QED) is 0.793. The molecule has 15 heavy (non-hydrogen) atoms. The second kappa shape index (κ2) is 4.16. The predicted octanol–water partition coefficient (Wildman–Crippen LogP) is 1.39. The molecular weight excluding hydrogens is 197 g/mol. The van der Waals surface area contributed by atoms with E-state index in [1.807, 2.05) is 0 Å². The molecule has 1 unspecified atom stereocenters. The molecule has 1 aromatic rings. The van der Waals surface area contributed by atoms with E-state index in [4.69, 9.17) is 4.74 Å². The second-order valence-electron chi connectivity index (χ2n) is 3.87. The number of ether oxygens (including phenoxy) is 1. The summed E-state index contributed by atoms with van der Waals surface area (Å²) in [7, 11) is 0. The van der Waals surface area contributed by atoms with Crippen LogP contribution < -0.4 is 5.32 Å². The van der Waals surface area contributed by atoms with Crippen LogP contribution in [0.25, 0.3) is 0 Å². The van der Waals surface area contributed by atoms with Gasteiger partial charge in [-0.15, -0.1) is 0 Å². The van der Waals surface area contributed by atoms with Crippen molar-refractivity contribution < 1.29 is 14.2 Å². The van der Waals surface area contributed by atoms with Crippen molar-refractivity contribution in [2.75, 3.05) is 25.1 Å². The molecule has 1 fully saturated rings. The smallest absolute Gasteiger partial charge is 0.123 e. The van der Waals surface area contributed by atoms with Gasteiger partial charge in [-0.1, -0.05) is 0 Å². The van der Waals surface area contributed by atoms with Crippen LogP contribution in [0.1, 0.15) is 6.42 Å². The van der Waals surface area contributed by atoms with Gasteiger partial charge < -0.3 is 15.2 Å². The molecule has 0 amide bonds. The van der Waals surface area contributed by atoms with Gasteiger partial charge in [0.25, 0.3) is 0 Å². The lowest BCUT2D eigenvalue weighted by Gasteiger charge is -2.27. The predicted molar refractivity (Wildman–Crippen MR) is 55.3 cm³/mol. The van der Waals surface area contributed by atoms with Crippen molar-refractivity contribution in [2.24, 2.45) is 0 Å². The van der Waals surface area contributed by atoms with Gasteiger partial charge in [-0.3, -0.25) is 0 Å². The van der Waals surface area contributed by atoms with Crippen LogP contribution in [0.4, 0.5) is 10.1 Å². The molecule has 0 bridgehead atoms. The zero-order chi connectivity index (χ0) is 10.7. The maximum Gasteiger partial charge on any atom is 0.123 e. The Hall–Kier alpha value is -1.13. The highest BCUT2D eigenvalue weighted by molar-refractivity contribution is 5.45. The Morgan fingerprint density at radius 1 is 1.40 bits per heavy atom. The molecular formula is C11H14FNO2. The third-order valence-electron chi connectivity index (χ3n) is 2.66. The fraction of sp³-hybridized carbons (Fsp3) is 0.455. The number of hydrogen-bond donors (Lipinski definition) is 2. The number of hydrogen-bond acceptors (Lipinski definition) is 3.